The quantitative estimate of drug-likeness (QED) is 0.821. The fraction of sp³-hybridized carbons (Fsp3) is 0.471. The molecule has 1 aliphatic rings. The van der Waals surface area contributed by atoms with Gasteiger partial charge in [0.2, 0.25) is 0 Å². The van der Waals surface area contributed by atoms with Gasteiger partial charge in [0.05, 0.1) is 24.4 Å². The zero-order chi connectivity index (χ0) is 17.3. The summed E-state index contributed by atoms with van der Waals surface area (Å²) in [6, 6.07) is 5.24. The van der Waals surface area contributed by atoms with Crippen LogP contribution in [0.2, 0.25) is 0 Å². The van der Waals surface area contributed by atoms with Crippen LogP contribution in [-0.2, 0) is 4.74 Å². The van der Waals surface area contributed by atoms with Gasteiger partial charge in [-0.05, 0) is 44.9 Å². The van der Waals surface area contributed by atoms with Crippen LogP contribution in [-0.4, -0.2) is 56.9 Å². The fourth-order valence-electron chi connectivity index (χ4n) is 3.27. The number of likely N-dealkylation sites (tertiary alicyclic amines) is 1. The number of aromatic nitrogens is 2. The van der Waals surface area contributed by atoms with Crippen LogP contribution in [0.15, 0.2) is 24.4 Å². The molecule has 0 spiro atoms. The Morgan fingerprint density at radius 2 is 2.25 bits per heavy atom. The molecule has 0 aliphatic carbocycles. The van der Waals surface area contributed by atoms with Gasteiger partial charge < -0.3 is 9.84 Å². The molecule has 1 atom stereocenters. The van der Waals surface area contributed by atoms with E-state index < -0.39 is 11.6 Å². The number of hydrogen-bond donors (Lipinski definition) is 2. The number of carbonyl (C=O) groups excluding carboxylic acids is 1. The van der Waals surface area contributed by atoms with Crippen LogP contribution in [0.25, 0.3) is 10.9 Å². The minimum atomic E-state index is -1.16. The summed E-state index contributed by atoms with van der Waals surface area (Å²) in [5, 5.41) is 17.2. The Labute approximate surface area is 139 Å². The summed E-state index contributed by atoms with van der Waals surface area (Å²) >= 11 is 0. The Kier molecular flexibility index (Phi) is 4.28. The molecule has 0 saturated carbocycles. The van der Waals surface area contributed by atoms with Crippen molar-refractivity contribution in [2.75, 3.05) is 13.2 Å². The molecule has 0 bridgehead atoms. The van der Waals surface area contributed by atoms with Gasteiger partial charge in [-0.15, -0.1) is 0 Å². The van der Waals surface area contributed by atoms with Gasteiger partial charge in [0, 0.05) is 17.5 Å². The van der Waals surface area contributed by atoms with Gasteiger partial charge in [0.1, 0.15) is 5.54 Å². The van der Waals surface area contributed by atoms with Gasteiger partial charge in [0.15, 0.2) is 5.78 Å². The lowest BCUT2D eigenvalue weighted by molar-refractivity contribution is -0.00137. The summed E-state index contributed by atoms with van der Waals surface area (Å²) < 4.78 is 5.68. The molecule has 2 aromatic rings. The van der Waals surface area contributed by atoms with Crippen molar-refractivity contribution in [3.8, 4) is 0 Å². The highest BCUT2D eigenvalue weighted by atomic mass is 16.5. The number of nitrogens with zero attached hydrogens (tertiary/aromatic N) is 2. The van der Waals surface area contributed by atoms with E-state index in [0.29, 0.717) is 24.9 Å². The molecular formula is C17H21N3O4. The van der Waals surface area contributed by atoms with Gasteiger partial charge in [-0.1, -0.05) is 0 Å². The summed E-state index contributed by atoms with van der Waals surface area (Å²) in [6.07, 6.45) is 1.59. The number of fused-ring (bicyclic) bond motifs is 1. The van der Waals surface area contributed by atoms with Crippen molar-refractivity contribution in [3.05, 3.63) is 30.0 Å². The van der Waals surface area contributed by atoms with E-state index in [9.17, 15) is 14.7 Å². The normalized spacial score (nSPS) is 20.9. The molecule has 24 heavy (non-hydrogen) atoms. The predicted molar refractivity (Wildman–Crippen MR) is 88.2 cm³/mol. The summed E-state index contributed by atoms with van der Waals surface area (Å²) in [6.45, 7) is 4.15. The largest absolute Gasteiger partial charge is 0.465 e. The van der Waals surface area contributed by atoms with E-state index in [0.717, 1.165) is 10.9 Å². The first-order valence-corrected chi connectivity index (χ1v) is 8.04. The van der Waals surface area contributed by atoms with E-state index in [1.807, 2.05) is 13.8 Å². The van der Waals surface area contributed by atoms with Crippen LogP contribution < -0.4 is 0 Å². The number of amides is 1. The molecule has 1 aromatic carbocycles. The van der Waals surface area contributed by atoms with E-state index in [2.05, 4.69) is 10.2 Å². The highest BCUT2D eigenvalue weighted by Crippen LogP contribution is 2.34. The second kappa shape index (κ2) is 6.24. The van der Waals surface area contributed by atoms with Gasteiger partial charge in [-0.2, -0.15) is 5.10 Å². The van der Waals surface area contributed by atoms with Crippen LogP contribution in [0.4, 0.5) is 4.79 Å². The Morgan fingerprint density at radius 3 is 2.96 bits per heavy atom. The van der Waals surface area contributed by atoms with E-state index in [-0.39, 0.29) is 18.5 Å². The number of carbonyl (C=O) groups is 2. The molecule has 128 valence electrons. The highest BCUT2D eigenvalue weighted by molar-refractivity contribution is 6.07. The number of ketones is 1. The zero-order valence-corrected chi connectivity index (χ0v) is 13.8. The second-order valence-corrected chi connectivity index (χ2v) is 6.43. The number of rotatable bonds is 5. The van der Waals surface area contributed by atoms with Gasteiger partial charge in [-0.25, -0.2) is 4.79 Å². The Morgan fingerprint density at radius 1 is 1.46 bits per heavy atom. The van der Waals surface area contributed by atoms with Crippen molar-refractivity contribution < 1.29 is 19.4 Å². The average molecular weight is 331 g/mol. The number of carboxylic acid groups (broad SMARTS) is 1. The molecule has 7 nitrogen and oxygen atoms in total. The van der Waals surface area contributed by atoms with Gasteiger partial charge in [0.25, 0.3) is 0 Å². The molecule has 1 saturated heterocycles. The molecule has 3 rings (SSSR count). The van der Waals surface area contributed by atoms with Crippen molar-refractivity contribution in [1.82, 2.24) is 15.1 Å². The number of H-pyrrole nitrogens is 1. The first kappa shape index (κ1) is 16.4. The van der Waals surface area contributed by atoms with E-state index >= 15 is 0 Å². The maximum Gasteiger partial charge on any atom is 0.408 e. The van der Waals surface area contributed by atoms with Crippen molar-refractivity contribution in [2.45, 2.75) is 38.3 Å². The van der Waals surface area contributed by atoms with Gasteiger partial charge in [-0.3, -0.25) is 14.8 Å². The summed E-state index contributed by atoms with van der Waals surface area (Å²) in [5.74, 6) is -0.217. The minimum Gasteiger partial charge on any atom is -0.465 e. The average Bonchev–Trinajstić information content (AvgIpc) is 3.18. The lowest BCUT2D eigenvalue weighted by atomic mass is 9.87. The molecular weight excluding hydrogens is 310 g/mol. The summed E-state index contributed by atoms with van der Waals surface area (Å²) in [7, 11) is 0. The second-order valence-electron chi connectivity index (χ2n) is 6.43. The Hall–Kier alpha value is -2.41. The fourth-order valence-corrected chi connectivity index (χ4v) is 3.27. The lowest BCUT2D eigenvalue weighted by Gasteiger charge is -2.35. The van der Waals surface area contributed by atoms with Gasteiger partial charge >= 0.3 is 6.09 Å². The Bertz CT molecular complexity index is 770. The molecule has 1 aromatic heterocycles. The van der Waals surface area contributed by atoms with Crippen LogP contribution in [0.3, 0.4) is 0 Å². The molecule has 1 aliphatic heterocycles. The number of nitrogens with one attached hydrogen (secondary N) is 1. The monoisotopic (exact) mass is 331 g/mol. The highest BCUT2D eigenvalue weighted by Gasteiger charge is 2.50. The summed E-state index contributed by atoms with van der Waals surface area (Å²) in [5.41, 5.74) is 0.151. The standard InChI is InChI=1S/C17H21N3O4/c1-11(2)24-10-17(6-3-7-20(17)16(22)23)15(21)12-4-5-14-13(8-12)9-18-19-14/h4-5,8-9,11H,3,6-7,10H2,1-2H3,(H,18,19)(H,22,23). The van der Waals surface area contributed by atoms with Crippen LogP contribution in [0.1, 0.15) is 37.0 Å². The van der Waals surface area contributed by atoms with Crippen molar-refractivity contribution >= 4 is 22.8 Å². The first-order chi connectivity index (χ1) is 11.4. The number of Topliss-reactive ketones (excluding diaryl/α,β-unsaturated/α-hetero) is 1. The van der Waals surface area contributed by atoms with E-state index in [1.165, 1.54) is 4.90 Å². The third-order valence-electron chi connectivity index (χ3n) is 4.50. The predicted octanol–water partition coefficient (Wildman–Crippen LogP) is 2.68. The third kappa shape index (κ3) is 2.75. The smallest absolute Gasteiger partial charge is 0.408 e. The molecule has 2 heterocycles. The van der Waals surface area contributed by atoms with Crippen LogP contribution in [0, 0.1) is 0 Å². The molecule has 7 heteroatoms. The number of ether oxygens (including phenoxy) is 1. The van der Waals surface area contributed by atoms with Crippen LogP contribution in [0.5, 0.6) is 0 Å². The van der Waals surface area contributed by atoms with Crippen molar-refractivity contribution in [3.63, 3.8) is 0 Å². The topological polar surface area (TPSA) is 95.5 Å². The summed E-state index contributed by atoms with van der Waals surface area (Å²) in [4.78, 5) is 26.2. The maximum absolute atomic E-state index is 13.2. The number of hydrogen-bond acceptors (Lipinski definition) is 4. The third-order valence-corrected chi connectivity index (χ3v) is 4.50. The van der Waals surface area contributed by atoms with E-state index in [1.54, 1.807) is 24.4 Å². The molecule has 1 unspecified atom stereocenters. The molecule has 1 amide bonds. The zero-order valence-electron chi connectivity index (χ0n) is 13.8. The molecule has 1 fully saturated rings. The maximum atomic E-state index is 13.2. The van der Waals surface area contributed by atoms with E-state index in [4.69, 9.17) is 4.74 Å². The number of benzene rings is 1. The SMILES string of the molecule is CC(C)OCC1(C(=O)c2ccc3[nH]ncc3c2)CCCN1C(=O)O. The van der Waals surface area contributed by atoms with Crippen molar-refractivity contribution in [1.29, 1.82) is 0 Å². The molecule has 0 radical (unpaired) electrons. The molecule has 2 N–H and O–H groups in total. The Balaban J connectivity index is 2.00. The number of aromatic amines is 1. The first-order valence-electron chi connectivity index (χ1n) is 8.04. The van der Waals surface area contributed by atoms with Crippen molar-refractivity contribution in [2.24, 2.45) is 0 Å². The van der Waals surface area contributed by atoms with Crippen LogP contribution >= 0.6 is 0 Å². The lowest BCUT2D eigenvalue weighted by Crippen LogP contribution is -2.56. The minimum absolute atomic E-state index is 0.0687.